The summed E-state index contributed by atoms with van der Waals surface area (Å²) < 4.78 is 1.07. The van der Waals surface area contributed by atoms with Crippen LogP contribution in [0.1, 0.15) is 32.0 Å². The highest BCUT2D eigenvalue weighted by molar-refractivity contribution is 9.10. The molecule has 0 aromatic heterocycles. The van der Waals surface area contributed by atoms with Gasteiger partial charge in [-0.15, -0.1) is 0 Å². The van der Waals surface area contributed by atoms with Crippen LogP contribution in [0.15, 0.2) is 22.7 Å². The SMILES string of the molecule is CC12C[NH+]3CC(C)(C[NH+](C1)C3c1cc(Br)ccc1O)C2. The number of hydrogen-bond acceptors (Lipinski definition) is 1. The zero-order chi connectivity index (χ0) is 14.1. The molecule has 5 rings (SSSR count). The lowest BCUT2D eigenvalue weighted by molar-refractivity contribution is -1.18. The Hall–Kier alpha value is -0.580. The average molecular weight is 339 g/mol. The minimum atomic E-state index is 0.411. The number of halogens is 1. The van der Waals surface area contributed by atoms with Crippen LogP contribution in [-0.4, -0.2) is 31.3 Å². The lowest BCUT2D eigenvalue weighted by Gasteiger charge is -2.60. The summed E-state index contributed by atoms with van der Waals surface area (Å²) in [6.07, 6.45) is 1.79. The first-order chi connectivity index (χ1) is 9.38. The van der Waals surface area contributed by atoms with Crippen LogP contribution in [0.3, 0.4) is 0 Å². The maximum Gasteiger partial charge on any atom is 0.243 e. The molecule has 4 heteroatoms. The number of aromatic hydroxyl groups is 1. The summed E-state index contributed by atoms with van der Waals surface area (Å²) >= 11 is 3.55. The van der Waals surface area contributed by atoms with Gasteiger partial charge in [-0.2, -0.15) is 0 Å². The van der Waals surface area contributed by atoms with E-state index >= 15 is 0 Å². The van der Waals surface area contributed by atoms with Gasteiger partial charge in [0.15, 0.2) is 0 Å². The molecular weight excluding hydrogens is 316 g/mol. The van der Waals surface area contributed by atoms with Gasteiger partial charge in [-0.25, -0.2) is 0 Å². The van der Waals surface area contributed by atoms with Crippen LogP contribution in [0.2, 0.25) is 0 Å². The highest BCUT2D eigenvalue weighted by Gasteiger charge is 2.63. The number of piperidine rings is 2. The van der Waals surface area contributed by atoms with Crippen molar-refractivity contribution in [3.05, 3.63) is 28.2 Å². The molecule has 1 aromatic carbocycles. The molecule has 0 radical (unpaired) electrons. The first-order valence-electron chi connectivity index (χ1n) is 7.55. The quantitative estimate of drug-likeness (QED) is 0.678. The molecule has 4 aliphatic heterocycles. The van der Waals surface area contributed by atoms with Crippen LogP contribution in [0.4, 0.5) is 0 Å². The Labute approximate surface area is 128 Å². The van der Waals surface area contributed by atoms with Crippen molar-refractivity contribution in [1.29, 1.82) is 0 Å². The van der Waals surface area contributed by atoms with Gasteiger partial charge in [0, 0.05) is 4.47 Å². The zero-order valence-electron chi connectivity index (χ0n) is 12.2. The number of hydrogen-bond donors (Lipinski definition) is 3. The second kappa shape index (κ2) is 3.99. The summed E-state index contributed by atoms with van der Waals surface area (Å²) in [5.74, 6) is 0.459. The Balaban J connectivity index is 1.76. The Bertz CT molecular complexity index is 538. The molecule has 0 saturated carbocycles. The van der Waals surface area contributed by atoms with Crippen LogP contribution < -0.4 is 9.80 Å². The molecule has 20 heavy (non-hydrogen) atoms. The Morgan fingerprint density at radius 3 is 2.20 bits per heavy atom. The van der Waals surface area contributed by atoms with Crippen molar-refractivity contribution in [2.75, 3.05) is 26.2 Å². The highest BCUT2D eigenvalue weighted by Crippen LogP contribution is 2.40. The highest BCUT2D eigenvalue weighted by atomic mass is 79.9. The standard InChI is InChI=1S/C16H21BrN2O/c1-15-6-16(2)9-18(7-15)14(19(8-15)10-16)12-5-11(17)3-4-13(12)20/h3-5,14,20H,6-10H2,1-2H3/p+2. The molecule has 3 nitrogen and oxygen atoms in total. The van der Waals surface area contributed by atoms with E-state index in [0.29, 0.717) is 22.7 Å². The van der Waals surface area contributed by atoms with Crippen molar-refractivity contribution < 1.29 is 14.9 Å². The predicted octanol–water partition coefficient (Wildman–Crippen LogP) is 0.367. The van der Waals surface area contributed by atoms with Crippen LogP contribution >= 0.6 is 15.9 Å². The fourth-order valence-electron chi connectivity index (χ4n) is 5.62. The van der Waals surface area contributed by atoms with Crippen molar-refractivity contribution in [1.82, 2.24) is 0 Å². The van der Waals surface area contributed by atoms with Crippen molar-refractivity contribution in [3.8, 4) is 5.75 Å². The third kappa shape index (κ3) is 1.85. The zero-order valence-corrected chi connectivity index (χ0v) is 13.8. The molecule has 0 spiro atoms. The van der Waals surface area contributed by atoms with E-state index in [-0.39, 0.29) is 0 Å². The number of nitrogens with one attached hydrogen (secondary N) is 2. The van der Waals surface area contributed by atoms with Crippen molar-refractivity contribution in [2.24, 2.45) is 10.8 Å². The third-order valence-electron chi connectivity index (χ3n) is 5.59. The molecule has 0 unspecified atom stereocenters. The van der Waals surface area contributed by atoms with E-state index in [1.807, 2.05) is 12.1 Å². The normalized spacial score (nSPS) is 45.9. The van der Waals surface area contributed by atoms with E-state index in [4.69, 9.17) is 0 Å². The van der Waals surface area contributed by atoms with Gasteiger partial charge in [-0.05, 0) is 38.5 Å². The van der Waals surface area contributed by atoms with Gasteiger partial charge in [-0.3, -0.25) is 9.80 Å². The van der Waals surface area contributed by atoms with E-state index in [0.717, 1.165) is 10.0 Å². The van der Waals surface area contributed by atoms with Crippen molar-refractivity contribution >= 4 is 15.9 Å². The predicted molar refractivity (Wildman–Crippen MR) is 80.8 cm³/mol. The minimum absolute atomic E-state index is 0.411. The van der Waals surface area contributed by atoms with Crippen molar-refractivity contribution in [3.63, 3.8) is 0 Å². The molecule has 0 amide bonds. The number of quaternary nitrogens is 2. The molecule has 108 valence electrons. The van der Waals surface area contributed by atoms with Gasteiger partial charge in [-0.1, -0.05) is 15.9 Å². The largest absolute Gasteiger partial charge is 0.507 e. The first-order valence-corrected chi connectivity index (χ1v) is 8.35. The van der Waals surface area contributed by atoms with Gasteiger partial charge in [0.25, 0.3) is 0 Å². The first kappa shape index (κ1) is 13.1. The summed E-state index contributed by atoms with van der Waals surface area (Å²) in [6.45, 7) is 9.93. The number of rotatable bonds is 1. The molecule has 4 bridgehead atoms. The molecule has 3 N–H and O–H groups in total. The van der Waals surface area contributed by atoms with Crippen LogP contribution in [0, 0.1) is 10.8 Å². The fourth-order valence-corrected chi connectivity index (χ4v) is 6.00. The van der Waals surface area contributed by atoms with E-state index in [2.05, 4.69) is 35.8 Å². The monoisotopic (exact) mass is 338 g/mol. The summed E-state index contributed by atoms with van der Waals surface area (Å²) in [5, 5.41) is 10.3. The maximum atomic E-state index is 10.3. The molecule has 4 aliphatic rings. The van der Waals surface area contributed by atoms with Crippen LogP contribution in [0.25, 0.3) is 0 Å². The van der Waals surface area contributed by atoms with Gasteiger partial charge in [0.1, 0.15) is 11.3 Å². The summed E-state index contributed by atoms with van der Waals surface area (Å²) in [4.78, 5) is 3.34. The van der Waals surface area contributed by atoms with Crippen molar-refractivity contribution in [2.45, 2.75) is 26.4 Å². The number of phenolic OH excluding ortho intramolecular Hbond substituents is 1. The number of phenols is 1. The second-order valence-electron chi connectivity index (χ2n) is 7.96. The Morgan fingerprint density at radius 2 is 1.65 bits per heavy atom. The molecule has 4 fully saturated rings. The second-order valence-corrected chi connectivity index (χ2v) is 8.87. The summed E-state index contributed by atoms with van der Waals surface area (Å²) in [7, 11) is 0. The smallest absolute Gasteiger partial charge is 0.243 e. The fraction of sp³-hybridized carbons (Fsp3) is 0.625. The van der Waals surface area contributed by atoms with Crippen LogP contribution in [-0.2, 0) is 0 Å². The van der Waals surface area contributed by atoms with E-state index < -0.39 is 0 Å². The van der Waals surface area contributed by atoms with Gasteiger partial charge in [0.05, 0.1) is 37.0 Å². The Kier molecular flexibility index (Phi) is 2.62. The third-order valence-corrected chi connectivity index (χ3v) is 6.08. The maximum absolute atomic E-state index is 10.3. The van der Waals surface area contributed by atoms with E-state index in [9.17, 15) is 5.11 Å². The Morgan fingerprint density at radius 1 is 1.10 bits per heavy atom. The molecule has 4 saturated heterocycles. The summed E-state index contributed by atoms with van der Waals surface area (Å²) in [5.41, 5.74) is 2.11. The van der Waals surface area contributed by atoms with Crippen LogP contribution in [0.5, 0.6) is 5.75 Å². The molecule has 4 heterocycles. The van der Waals surface area contributed by atoms with E-state index in [1.165, 1.54) is 32.6 Å². The topological polar surface area (TPSA) is 29.1 Å². The van der Waals surface area contributed by atoms with Gasteiger partial charge >= 0.3 is 0 Å². The van der Waals surface area contributed by atoms with Gasteiger partial charge in [0.2, 0.25) is 6.17 Å². The number of benzene rings is 1. The molecule has 0 aliphatic carbocycles. The summed E-state index contributed by atoms with van der Waals surface area (Å²) in [6, 6.07) is 5.87. The molecule has 0 atom stereocenters. The van der Waals surface area contributed by atoms with E-state index in [1.54, 1.807) is 9.80 Å². The lowest BCUT2D eigenvalue weighted by Crippen LogP contribution is -3.40. The average Bonchev–Trinajstić information content (AvgIpc) is 2.29. The molecule has 1 aromatic rings. The van der Waals surface area contributed by atoms with Gasteiger partial charge < -0.3 is 5.11 Å². The molecular formula is C16H23BrN2O+2. The lowest BCUT2D eigenvalue weighted by atomic mass is 9.63. The minimum Gasteiger partial charge on any atom is -0.507 e.